The lowest BCUT2D eigenvalue weighted by Gasteiger charge is -2.22. The van der Waals surface area contributed by atoms with Gasteiger partial charge in [0.15, 0.2) is 0 Å². The van der Waals surface area contributed by atoms with E-state index in [1.54, 1.807) is 6.07 Å². The first-order chi connectivity index (χ1) is 7.70. The normalized spacial score (nSPS) is 10.5. The number of nitrogens with zero attached hydrogens (tertiary/aromatic N) is 1. The Balaban J connectivity index is 2.74. The Morgan fingerprint density at radius 2 is 2.19 bits per heavy atom. The van der Waals surface area contributed by atoms with Gasteiger partial charge in [-0.15, -0.1) is 0 Å². The van der Waals surface area contributed by atoms with Crippen LogP contribution in [0.4, 0.5) is 10.1 Å². The molecule has 16 heavy (non-hydrogen) atoms. The summed E-state index contributed by atoms with van der Waals surface area (Å²) in [5.74, 6) is -0.247. The Labute approximate surface area is 96.0 Å². The summed E-state index contributed by atoms with van der Waals surface area (Å²) in [5.41, 5.74) is 6.94. The predicted octanol–water partition coefficient (Wildman–Crippen LogP) is 1.76. The van der Waals surface area contributed by atoms with Crippen LogP contribution in [0.25, 0.3) is 0 Å². The number of halogens is 1. The fourth-order valence-electron chi connectivity index (χ4n) is 1.57. The van der Waals surface area contributed by atoms with E-state index in [1.165, 1.54) is 6.07 Å². The number of anilines is 1. The van der Waals surface area contributed by atoms with Crippen LogP contribution in [-0.2, 0) is 11.3 Å². The zero-order chi connectivity index (χ0) is 12.0. The Morgan fingerprint density at radius 3 is 2.81 bits per heavy atom. The molecule has 0 radical (unpaired) electrons. The molecule has 90 valence electrons. The van der Waals surface area contributed by atoms with Gasteiger partial charge in [-0.25, -0.2) is 4.39 Å². The van der Waals surface area contributed by atoms with Gasteiger partial charge in [0.1, 0.15) is 5.82 Å². The van der Waals surface area contributed by atoms with Crippen molar-refractivity contribution in [3.63, 3.8) is 0 Å². The SMILES string of the molecule is CCOCCN(C)c1cccc(F)c1CN. The van der Waals surface area contributed by atoms with Crippen LogP contribution in [0.15, 0.2) is 18.2 Å². The van der Waals surface area contributed by atoms with E-state index in [0.717, 1.165) is 12.2 Å². The minimum atomic E-state index is -0.247. The van der Waals surface area contributed by atoms with Crippen molar-refractivity contribution in [1.29, 1.82) is 0 Å². The molecule has 3 nitrogen and oxygen atoms in total. The number of ether oxygens (including phenoxy) is 1. The van der Waals surface area contributed by atoms with Crippen molar-refractivity contribution < 1.29 is 9.13 Å². The van der Waals surface area contributed by atoms with Crippen LogP contribution in [-0.4, -0.2) is 26.8 Å². The van der Waals surface area contributed by atoms with E-state index in [0.29, 0.717) is 18.8 Å². The Morgan fingerprint density at radius 1 is 1.44 bits per heavy atom. The van der Waals surface area contributed by atoms with Gasteiger partial charge in [-0.3, -0.25) is 0 Å². The van der Waals surface area contributed by atoms with Gasteiger partial charge in [-0.2, -0.15) is 0 Å². The van der Waals surface area contributed by atoms with Crippen molar-refractivity contribution in [2.75, 3.05) is 31.7 Å². The van der Waals surface area contributed by atoms with Crippen molar-refractivity contribution in [3.8, 4) is 0 Å². The van der Waals surface area contributed by atoms with Crippen molar-refractivity contribution in [1.82, 2.24) is 0 Å². The van der Waals surface area contributed by atoms with Gasteiger partial charge in [0.25, 0.3) is 0 Å². The highest BCUT2D eigenvalue weighted by atomic mass is 19.1. The molecule has 0 spiro atoms. The highest BCUT2D eigenvalue weighted by molar-refractivity contribution is 5.53. The lowest BCUT2D eigenvalue weighted by atomic mass is 10.1. The molecule has 0 heterocycles. The first-order valence-electron chi connectivity index (χ1n) is 5.47. The molecule has 0 fully saturated rings. The van der Waals surface area contributed by atoms with E-state index in [4.69, 9.17) is 10.5 Å². The molecule has 1 aromatic carbocycles. The second-order valence-electron chi connectivity index (χ2n) is 3.56. The summed E-state index contributed by atoms with van der Waals surface area (Å²) >= 11 is 0. The average Bonchev–Trinajstić information content (AvgIpc) is 2.29. The number of benzene rings is 1. The third kappa shape index (κ3) is 3.18. The molecule has 0 saturated carbocycles. The molecule has 0 aliphatic carbocycles. The summed E-state index contributed by atoms with van der Waals surface area (Å²) in [7, 11) is 1.91. The molecule has 0 atom stereocenters. The average molecular weight is 226 g/mol. The van der Waals surface area contributed by atoms with Gasteiger partial charge in [0.2, 0.25) is 0 Å². The second kappa shape index (κ2) is 6.45. The summed E-state index contributed by atoms with van der Waals surface area (Å²) in [4.78, 5) is 1.96. The molecular formula is C12H19FN2O. The summed E-state index contributed by atoms with van der Waals surface area (Å²) < 4.78 is 18.7. The standard InChI is InChI=1S/C12H19FN2O/c1-3-16-8-7-15(2)12-6-4-5-11(13)10(12)9-14/h4-6H,3,7-9,14H2,1-2H3. The minimum Gasteiger partial charge on any atom is -0.380 e. The number of rotatable bonds is 6. The van der Waals surface area contributed by atoms with Gasteiger partial charge >= 0.3 is 0 Å². The highest BCUT2D eigenvalue weighted by Gasteiger charge is 2.10. The van der Waals surface area contributed by atoms with Crippen LogP contribution in [0.5, 0.6) is 0 Å². The maximum Gasteiger partial charge on any atom is 0.129 e. The highest BCUT2D eigenvalue weighted by Crippen LogP contribution is 2.21. The zero-order valence-electron chi connectivity index (χ0n) is 9.87. The van der Waals surface area contributed by atoms with E-state index < -0.39 is 0 Å². The number of nitrogens with two attached hydrogens (primary N) is 1. The molecule has 0 aliphatic heterocycles. The maximum atomic E-state index is 13.5. The summed E-state index contributed by atoms with van der Waals surface area (Å²) in [6.07, 6.45) is 0. The lowest BCUT2D eigenvalue weighted by molar-refractivity contribution is 0.154. The van der Waals surface area contributed by atoms with Crippen LogP contribution in [0.2, 0.25) is 0 Å². The largest absolute Gasteiger partial charge is 0.380 e. The molecule has 2 N–H and O–H groups in total. The Hall–Kier alpha value is -1.13. The molecular weight excluding hydrogens is 207 g/mol. The van der Waals surface area contributed by atoms with Crippen molar-refractivity contribution in [3.05, 3.63) is 29.6 Å². The van der Waals surface area contributed by atoms with E-state index in [-0.39, 0.29) is 12.4 Å². The fraction of sp³-hybridized carbons (Fsp3) is 0.500. The number of hydrogen-bond acceptors (Lipinski definition) is 3. The molecule has 0 amide bonds. The maximum absolute atomic E-state index is 13.5. The zero-order valence-corrected chi connectivity index (χ0v) is 9.87. The molecule has 1 rings (SSSR count). The molecule has 0 unspecified atom stereocenters. The minimum absolute atomic E-state index is 0.209. The lowest BCUT2D eigenvalue weighted by Crippen LogP contribution is -2.24. The van der Waals surface area contributed by atoms with Crippen LogP contribution in [0.3, 0.4) is 0 Å². The molecule has 0 bridgehead atoms. The molecule has 4 heteroatoms. The summed E-state index contributed by atoms with van der Waals surface area (Å²) in [6, 6.07) is 5.00. The predicted molar refractivity (Wildman–Crippen MR) is 64.1 cm³/mol. The van der Waals surface area contributed by atoms with Gasteiger partial charge in [0, 0.05) is 38.0 Å². The number of hydrogen-bond donors (Lipinski definition) is 1. The Kier molecular flexibility index (Phi) is 5.22. The van der Waals surface area contributed by atoms with Gasteiger partial charge in [-0.1, -0.05) is 6.07 Å². The van der Waals surface area contributed by atoms with Crippen molar-refractivity contribution in [2.24, 2.45) is 5.73 Å². The van der Waals surface area contributed by atoms with Gasteiger partial charge in [-0.05, 0) is 19.1 Å². The fourth-order valence-corrected chi connectivity index (χ4v) is 1.57. The molecule has 0 aromatic heterocycles. The molecule has 0 saturated heterocycles. The van der Waals surface area contributed by atoms with Crippen molar-refractivity contribution in [2.45, 2.75) is 13.5 Å². The quantitative estimate of drug-likeness (QED) is 0.751. The second-order valence-corrected chi connectivity index (χ2v) is 3.56. The molecule has 0 aliphatic rings. The van der Waals surface area contributed by atoms with E-state index in [9.17, 15) is 4.39 Å². The number of likely N-dealkylation sites (N-methyl/N-ethyl adjacent to an activating group) is 1. The van der Waals surface area contributed by atoms with E-state index in [2.05, 4.69) is 0 Å². The molecule has 1 aromatic rings. The first kappa shape index (κ1) is 12.9. The summed E-state index contributed by atoms with van der Waals surface area (Å²) in [5, 5.41) is 0. The van der Waals surface area contributed by atoms with Gasteiger partial charge in [0.05, 0.1) is 6.61 Å². The van der Waals surface area contributed by atoms with Crippen LogP contribution in [0.1, 0.15) is 12.5 Å². The monoisotopic (exact) mass is 226 g/mol. The van der Waals surface area contributed by atoms with Crippen LogP contribution >= 0.6 is 0 Å². The van der Waals surface area contributed by atoms with Crippen LogP contribution in [0, 0.1) is 5.82 Å². The Bertz CT molecular complexity index is 331. The van der Waals surface area contributed by atoms with Gasteiger partial charge < -0.3 is 15.4 Å². The topological polar surface area (TPSA) is 38.5 Å². The van der Waals surface area contributed by atoms with E-state index in [1.807, 2.05) is 24.9 Å². The third-order valence-corrected chi connectivity index (χ3v) is 2.48. The van der Waals surface area contributed by atoms with E-state index >= 15 is 0 Å². The first-order valence-corrected chi connectivity index (χ1v) is 5.47. The summed E-state index contributed by atoms with van der Waals surface area (Å²) in [6.45, 7) is 4.22. The van der Waals surface area contributed by atoms with Crippen molar-refractivity contribution >= 4 is 5.69 Å². The smallest absolute Gasteiger partial charge is 0.129 e. The van der Waals surface area contributed by atoms with Crippen LogP contribution < -0.4 is 10.6 Å². The third-order valence-electron chi connectivity index (χ3n) is 2.48.